The Morgan fingerprint density at radius 2 is 1.81 bits per heavy atom. The number of nitrogens with zero attached hydrogens (tertiary/aromatic N) is 2. The summed E-state index contributed by atoms with van der Waals surface area (Å²) in [5.41, 5.74) is 3.63. The summed E-state index contributed by atoms with van der Waals surface area (Å²) in [6, 6.07) is 6.25. The van der Waals surface area contributed by atoms with Crippen molar-refractivity contribution in [1.29, 1.82) is 0 Å². The van der Waals surface area contributed by atoms with E-state index < -0.39 is 10.0 Å². The molecule has 0 fully saturated rings. The van der Waals surface area contributed by atoms with Crippen LogP contribution in [0.2, 0.25) is 5.02 Å². The number of amides is 1. The highest BCUT2D eigenvalue weighted by Gasteiger charge is 2.13. The zero-order valence-electron chi connectivity index (χ0n) is 14.4. The van der Waals surface area contributed by atoms with Gasteiger partial charge in [0.15, 0.2) is 0 Å². The molecule has 3 rings (SSSR count). The van der Waals surface area contributed by atoms with Gasteiger partial charge in [0.25, 0.3) is 5.91 Å². The largest absolute Gasteiger partial charge is 0.322 e. The molecule has 9 heteroatoms. The average molecular weight is 393 g/mol. The average Bonchev–Trinajstić information content (AvgIpc) is 2.88. The van der Waals surface area contributed by atoms with Crippen molar-refractivity contribution in [3.8, 4) is 0 Å². The molecule has 0 saturated carbocycles. The maximum atomic E-state index is 12.6. The first kappa shape index (κ1) is 18.2. The molecule has 0 aliphatic rings. The van der Waals surface area contributed by atoms with Crippen molar-refractivity contribution in [3.63, 3.8) is 0 Å². The van der Waals surface area contributed by atoms with Crippen LogP contribution >= 0.6 is 11.6 Å². The van der Waals surface area contributed by atoms with Gasteiger partial charge in [-0.1, -0.05) is 11.6 Å². The molecule has 136 valence electrons. The van der Waals surface area contributed by atoms with Crippen LogP contribution < -0.4 is 10.0 Å². The van der Waals surface area contributed by atoms with E-state index in [-0.39, 0.29) is 11.6 Å². The molecule has 0 spiro atoms. The molecule has 3 aromatic rings. The van der Waals surface area contributed by atoms with E-state index in [0.29, 0.717) is 16.3 Å². The highest BCUT2D eigenvalue weighted by Crippen LogP contribution is 2.24. The summed E-state index contributed by atoms with van der Waals surface area (Å²) < 4.78 is 26.9. The Bertz CT molecular complexity index is 1120. The zero-order valence-corrected chi connectivity index (χ0v) is 15.9. The van der Waals surface area contributed by atoms with Gasteiger partial charge in [-0.05, 0) is 38.1 Å². The fourth-order valence-corrected chi connectivity index (χ4v) is 3.47. The van der Waals surface area contributed by atoms with Gasteiger partial charge in [0.05, 0.1) is 34.4 Å². The molecule has 0 radical (unpaired) electrons. The number of fused-ring (bicyclic) bond motifs is 1. The topological polar surface area (TPSA) is 92.6 Å². The van der Waals surface area contributed by atoms with Gasteiger partial charge in [-0.2, -0.15) is 0 Å². The van der Waals surface area contributed by atoms with Gasteiger partial charge in [0.2, 0.25) is 10.0 Å². The van der Waals surface area contributed by atoms with Crippen LogP contribution in [0.5, 0.6) is 0 Å². The summed E-state index contributed by atoms with van der Waals surface area (Å²) in [5, 5.41) is 3.03. The Morgan fingerprint density at radius 1 is 1.12 bits per heavy atom. The first-order valence-corrected chi connectivity index (χ1v) is 9.93. The number of carbonyl (C=O) groups is 1. The highest BCUT2D eigenvalue weighted by atomic mass is 35.5. The summed E-state index contributed by atoms with van der Waals surface area (Å²) in [4.78, 5) is 16.9. The number of aryl methyl sites for hydroxylation is 2. The monoisotopic (exact) mass is 392 g/mol. The number of carbonyl (C=O) groups excluding carboxylic acids is 1. The molecule has 7 nitrogen and oxygen atoms in total. The molecule has 26 heavy (non-hydrogen) atoms. The van der Waals surface area contributed by atoms with Crippen LogP contribution in [0.1, 0.15) is 21.7 Å². The first-order valence-electron chi connectivity index (χ1n) is 7.66. The van der Waals surface area contributed by atoms with Crippen molar-refractivity contribution in [1.82, 2.24) is 9.38 Å². The number of aromatic nitrogens is 2. The second-order valence-electron chi connectivity index (χ2n) is 6.05. The third kappa shape index (κ3) is 4.14. The van der Waals surface area contributed by atoms with Crippen molar-refractivity contribution >= 4 is 44.4 Å². The fourth-order valence-electron chi connectivity index (χ4n) is 2.69. The minimum absolute atomic E-state index is 0.271. The van der Waals surface area contributed by atoms with Crippen LogP contribution in [-0.4, -0.2) is 30.0 Å². The van der Waals surface area contributed by atoms with E-state index in [2.05, 4.69) is 15.0 Å². The van der Waals surface area contributed by atoms with Crippen molar-refractivity contribution < 1.29 is 13.2 Å². The van der Waals surface area contributed by atoms with Crippen LogP contribution in [0.25, 0.3) is 5.52 Å². The molecule has 0 aliphatic heterocycles. The summed E-state index contributed by atoms with van der Waals surface area (Å²) in [6.45, 7) is 3.76. The summed E-state index contributed by atoms with van der Waals surface area (Å²) >= 11 is 6.01. The minimum Gasteiger partial charge on any atom is -0.322 e. The molecule has 1 amide bonds. The maximum absolute atomic E-state index is 12.6. The molecule has 2 aromatic heterocycles. The third-order valence-corrected chi connectivity index (χ3v) is 4.44. The molecule has 0 bridgehead atoms. The fraction of sp³-hybridized carbons (Fsp3) is 0.176. The van der Waals surface area contributed by atoms with E-state index in [1.807, 2.05) is 24.4 Å². The van der Waals surface area contributed by atoms with Crippen LogP contribution in [0, 0.1) is 13.8 Å². The Morgan fingerprint density at radius 3 is 2.50 bits per heavy atom. The molecule has 2 heterocycles. The van der Waals surface area contributed by atoms with Gasteiger partial charge in [-0.25, -0.2) is 8.42 Å². The van der Waals surface area contributed by atoms with Gasteiger partial charge in [0, 0.05) is 23.1 Å². The molecular formula is C17H17ClN4O3S. The smallest absolute Gasteiger partial charge is 0.257 e. The van der Waals surface area contributed by atoms with Crippen molar-refractivity contribution in [2.24, 2.45) is 0 Å². The van der Waals surface area contributed by atoms with E-state index in [1.165, 1.54) is 12.1 Å². The number of rotatable bonds is 4. The van der Waals surface area contributed by atoms with Gasteiger partial charge in [-0.3, -0.25) is 14.5 Å². The SMILES string of the molecule is Cc1cn2cc(C(=O)Nc3cc(Cl)cc(NS(C)(=O)=O)c3)cc2c(C)n1. The van der Waals surface area contributed by atoms with Crippen molar-refractivity contribution in [3.05, 3.63) is 58.6 Å². The van der Waals surface area contributed by atoms with Crippen LogP contribution in [0.3, 0.4) is 0 Å². The normalized spacial score (nSPS) is 11.5. The van der Waals surface area contributed by atoms with Crippen molar-refractivity contribution in [2.75, 3.05) is 16.3 Å². The van der Waals surface area contributed by atoms with Gasteiger partial charge in [-0.15, -0.1) is 0 Å². The Kier molecular flexibility index (Phi) is 4.64. The number of anilines is 2. The number of nitrogens with one attached hydrogen (secondary N) is 2. The van der Waals surface area contributed by atoms with Crippen LogP contribution in [-0.2, 0) is 10.0 Å². The Labute approximate surface area is 156 Å². The van der Waals surface area contributed by atoms with Gasteiger partial charge >= 0.3 is 0 Å². The molecule has 0 saturated heterocycles. The molecule has 1 aromatic carbocycles. The molecule has 0 aliphatic carbocycles. The lowest BCUT2D eigenvalue weighted by atomic mass is 10.2. The predicted octanol–water partition coefficient (Wildman–Crippen LogP) is 3.23. The van der Waals surface area contributed by atoms with E-state index in [1.54, 1.807) is 18.3 Å². The molecule has 0 atom stereocenters. The maximum Gasteiger partial charge on any atom is 0.257 e. The number of hydrogen-bond donors (Lipinski definition) is 2. The lowest BCUT2D eigenvalue weighted by molar-refractivity contribution is 0.102. The van der Waals surface area contributed by atoms with Gasteiger partial charge < -0.3 is 9.72 Å². The van der Waals surface area contributed by atoms with E-state index >= 15 is 0 Å². The summed E-state index contributed by atoms with van der Waals surface area (Å²) in [5.74, 6) is -0.335. The first-order chi connectivity index (χ1) is 12.1. The number of sulfonamides is 1. The zero-order chi connectivity index (χ0) is 19.1. The lowest BCUT2D eigenvalue weighted by Crippen LogP contribution is -2.13. The quantitative estimate of drug-likeness (QED) is 0.712. The van der Waals surface area contributed by atoms with Crippen LogP contribution in [0.4, 0.5) is 11.4 Å². The van der Waals surface area contributed by atoms with E-state index in [0.717, 1.165) is 23.2 Å². The predicted molar refractivity (Wildman–Crippen MR) is 103 cm³/mol. The Hall–Kier alpha value is -2.58. The molecule has 0 unspecified atom stereocenters. The second-order valence-corrected chi connectivity index (χ2v) is 8.23. The number of benzene rings is 1. The lowest BCUT2D eigenvalue weighted by Gasteiger charge is -2.09. The van der Waals surface area contributed by atoms with E-state index in [9.17, 15) is 13.2 Å². The van der Waals surface area contributed by atoms with Crippen molar-refractivity contribution in [2.45, 2.75) is 13.8 Å². The standard InChI is InChI=1S/C17H17ClN4O3S/c1-10-8-22-9-12(4-16(22)11(2)19-10)17(23)20-14-5-13(18)6-15(7-14)21-26(3,24)25/h4-9,21H,1-3H3,(H,20,23). The van der Waals surface area contributed by atoms with E-state index in [4.69, 9.17) is 11.6 Å². The Balaban J connectivity index is 1.89. The van der Waals surface area contributed by atoms with Crippen LogP contribution in [0.15, 0.2) is 36.7 Å². The minimum atomic E-state index is -3.45. The summed E-state index contributed by atoms with van der Waals surface area (Å²) in [7, 11) is -3.45. The second kappa shape index (κ2) is 6.62. The number of halogens is 1. The highest BCUT2D eigenvalue weighted by molar-refractivity contribution is 7.92. The molecule has 2 N–H and O–H groups in total. The summed E-state index contributed by atoms with van der Waals surface area (Å²) in [6.07, 6.45) is 4.59. The van der Waals surface area contributed by atoms with Gasteiger partial charge in [0.1, 0.15) is 0 Å². The number of hydrogen-bond acceptors (Lipinski definition) is 4. The third-order valence-electron chi connectivity index (χ3n) is 3.61. The molecular weight excluding hydrogens is 376 g/mol.